The van der Waals surface area contributed by atoms with E-state index in [9.17, 15) is 10.1 Å². The van der Waals surface area contributed by atoms with E-state index in [4.69, 9.17) is 0 Å². The van der Waals surface area contributed by atoms with Crippen molar-refractivity contribution in [3.63, 3.8) is 0 Å². The zero-order valence-corrected chi connectivity index (χ0v) is 20.1. The molecule has 1 aliphatic carbocycles. The van der Waals surface area contributed by atoms with E-state index < -0.39 is 0 Å². The van der Waals surface area contributed by atoms with E-state index in [0.29, 0.717) is 15.7 Å². The largest absolute Gasteiger partial charge is 0.316 e. The fourth-order valence-corrected chi connectivity index (χ4v) is 6.58. The molecule has 0 saturated carbocycles. The predicted octanol–water partition coefficient (Wildman–Crippen LogP) is 4.41. The molecule has 3 aromatic rings. The number of para-hydroxylation sites is 1. The molecule has 7 nitrogen and oxygen atoms in total. The molecule has 3 heterocycles. The summed E-state index contributed by atoms with van der Waals surface area (Å²) in [7, 11) is 0. The molecular formula is C24H26N6OS2. The van der Waals surface area contributed by atoms with Crippen molar-refractivity contribution in [1.29, 1.82) is 5.26 Å². The van der Waals surface area contributed by atoms with E-state index in [-0.39, 0.29) is 11.7 Å². The fraction of sp³-hybridized carbons (Fsp3) is 0.417. The van der Waals surface area contributed by atoms with Crippen LogP contribution in [0.15, 0.2) is 35.5 Å². The molecule has 1 amide bonds. The van der Waals surface area contributed by atoms with Gasteiger partial charge in [-0.15, -0.1) is 21.5 Å². The summed E-state index contributed by atoms with van der Waals surface area (Å²) in [6.07, 6.45) is 6.75. The molecule has 2 aliphatic rings. The number of thiophene rings is 1. The maximum Gasteiger partial charge on any atom is 0.235 e. The summed E-state index contributed by atoms with van der Waals surface area (Å²) < 4.78 is 2.06. The minimum Gasteiger partial charge on any atom is -0.316 e. The molecule has 33 heavy (non-hydrogen) atoms. The number of carbonyl (C=O) groups is 1. The van der Waals surface area contributed by atoms with Crippen LogP contribution in [-0.4, -0.2) is 44.4 Å². The van der Waals surface area contributed by atoms with Gasteiger partial charge in [0.15, 0.2) is 11.0 Å². The molecule has 1 aromatic carbocycles. The number of thioether (sulfide) groups is 1. The second-order valence-electron chi connectivity index (χ2n) is 8.42. The molecule has 1 aliphatic heterocycles. The molecule has 1 N–H and O–H groups in total. The zero-order chi connectivity index (χ0) is 22.6. The van der Waals surface area contributed by atoms with E-state index in [0.717, 1.165) is 56.0 Å². The van der Waals surface area contributed by atoms with Gasteiger partial charge < -0.3 is 5.32 Å². The summed E-state index contributed by atoms with van der Waals surface area (Å²) >= 11 is 2.92. The first-order valence-corrected chi connectivity index (χ1v) is 13.2. The maximum atomic E-state index is 12.8. The topological polar surface area (TPSA) is 86.8 Å². The maximum absolute atomic E-state index is 12.8. The smallest absolute Gasteiger partial charge is 0.235 e. The lowest BCUT2D eigenvalue weighted by molar-refractivity contribution is -0.113. The van der Waals surface area contributed by atoms with E-state index >= 15 is 0 Å². The van der Waals surface area contributed by atoms with E-state index in [2.05, 4.69) is 31.1 Å². The Morgan fingerprint density at radius 3 is 2.73 bits per heavy atom. The molecule has 0 bridgehead atoms. The quantitative estimate of drug-likeness (QED) is 0.506. The summed E-state index contributed by atoms with van der Waals surface area (Å²) in [6.45, 7) is 2.91. The number of aromatic nitrogens is 3. The molecule has 0 radical (unpaired) electrons. The lowest BCUT2D eigenvalue weighted by Crippen LogP contribution is -2.30. The Labute approximate surface area is 201 Å². The van der Waals surface area contributed by atoms with Crippen LogP contribution in [0.4, 0.5) is 5.00 Å². The van der Waals surface area contributed by atoms with Crippen molar-refractivity contribution in [3.05, 3.63) is 52.2 Å². The lowest BCUT2D eigenvalue weighted by Gasteiger charge is -2.26. The summed E-state index contributed by atoms with van der Waals surface area (Å²) in [5, 5.41) is 22.8. The number of piperidine rings is 1. The third-order valence-corrected chi connectivity index (χ3v) is 8.28. The van der Waals surface area contributed by atoms with Crippen LogP contribution < -0.4 is 5.32 Å². The highest BCUT2D eigenvalue weighted by Gasteiger charge is 2.24. The number of rotatable bonds is 7. The number of hydrogen-bond acceptors (Lipinski definition) is 7. The van der Waals surface area contributed by atoms with Crippen molar-refractivity contribution < 1.29 is 4.79 Å². The highest BCUT2D eigenvalue weighted by Crippen LogP contribution is 2.38. The van der Waals surface area contributed by atoms with Gasteiger partial charge in [0.2, 0.25) is 5.91 Å². The van der Waals surface area contributed by atoms with Crippen molar-refractivity contribution in [2.75, 3.05) is 24.2 Å². The Kier molecular flexibility index (Phi) is 6.76. The summed E-state index contributed by atoms with van der Waals surface area (Å²) in [4.78, 5) is 16.4. The van der Waals surface area contributed by atoms with Crippen molar-refractivity contribution in [2.45, 2.75) is 50.2 Å². The van der Waals surface area contributed by atoms with Gasteiger partial charge in [0.25, 0.3) is 0 Å². The van der Waals surface area contributed by atoms with Gasteiger partial charge in [-0.25, -0.2) is 0 Å². The molecule has 0 unspecified atom stereocenters. The van der Waals surface area contributed by atoms with Gasteiger partial charge in [0.1, 0.15) is 11.1 Å². The van der Waals surface area contributed by atoms with E-state index in [1.165, 1.54) is 35.9 Å². The van der Waals surface area contributed by atoms with E-state index in [1.54, 1.807) is 11.3 Å². The average molecular weight is 479 g/mol. The third kappa shape index (κ3) is 4.83. The number of carbonyl (C=O) groups excluding carboxylic acids is 1. The van der Waals surface area contributed by atoms with Gasteiger partial charge >= 0.3 is 0 Å². The number of likely N-dealkylation sites (tertiary alicyclic amines) is 1. The number of fused-ring (bicyclic) bond motifs is 1. The minimum atomic E-state index is -0.128. The first-order chi connectivity index (χ1) is 16.2. The monoisotopic (exact) mass is 478 g/mol. The van der Waals surface area contributed by atoms with Gasteiger partial charge in [0, 0.05) is 10.6 Å². The van der Waals surface area contributed by atoms with Crippen molar-refractivity contribution in [3.8, 4) is 11.8 Å². The van der Waals surface area contributed by atoms with Gasteiger partial charge in [-0.3, -0.25) is 14.3 Å². The first kappa shape index (κ1) is 22.1. The Bertz CT molecular complexity index is 1170. The molecule has 0 spiro atoms. The van der Waals surface area contributed by atoms with Gasteiger partial charge in [-0.05, 0) is 62.9 Å². The van der Waals surface area contributed by atoms with Crippen LogP contribution in [0.3, 0.4) is 0 Å². The highest BCUT2D eigenvalue weighted by atomic mass is 32.2. The molecule has 5 rings (SSSR count). The number of aryl methyl sites for hydroxylation is 1. The van der Waals surface area contributed by atoms with Gasteiger partial charge in [0.05, 0.1) is 17.9 Å². The fourth-order valence-electron chi connectivity index (χ4n) is 4.55. The van der Waals surface area contributed by atoms with Crippen LogP contribution in [0, 0.1) is 11.3 Å². The van der Waals surface area contributed by atoms with Crippen molar-refractivity contribution in [1.82, 2.24) is 19.7 Å². The average Bonchev–Trinajstić information content (AvgIpc) is 3.53. The second kappa shape index (κ2) is 10.1. The Morgan fingerprint density at radius 2 is 1.94 bits per heavy atom. The SMILES string of the molecule is N#Cc1c(NC(=O)CSc2nnc(CN3CCCCC3)n2-c2ccccc2)sc2c1CCC2. The normalized spacial score (nSPS) is 15.8. The Morgan fingerprint density at radius 1 is 1.12 bits per heavy atom. The standard InChI is InChI=1S/C24H26N6OS2/c25-14-19-18-10-7-11-20(18)33-23(19)26-22(31)16-32-24-28-27-21(15-29-12-5-2-6-13-29)30(24)17-8-3-1-4-9-17/h1,3-4,8-9H,2,5-7,10-13,15-16H2,(H,26,31). The molecule has 1 fully saturated rings. The summed E-state index contributed by atoms with van der Waals surface area (Å²) in [5.41, 5.74) is 2.76. The van der Waals surface area contributed by atoms with Gasteiger partial charge in [-0.1, -0.05) is 36.4 Å². The molecule has 1 saturated heterocycles. The van der Waals surface area contributed by atoms with Crippen LogP contribution in [0.2, 0.25) is 0 Å². The first-order valence-electron chi connectivity index (χ1n) is 11.4. The number of benzene rings is 1. The zero-order valence-electron chi connectivity index (χ0n) is 18.4. The second-order valence-corrected chi connectivity index (χ2v) is 10.5. The number of anilines is 1. The molecule has 170 valence electrons. The van der Waals surface area contributed by atoms with E-state index in [1.807, 2.05) is 30.3 Å². The van der Waals surface area contributed by atoms with Crippen LogP contribution in [0.25, 0.3) is 5.69 Å². The van der Waals surface area contributed by atoms with Crippen molar-refractivity contribution in [2.24, 2.45) is 0 Å². The summed E-state index contributed by atoms with van der Waals surface area (Å²) in [5.74, 6) is 0.978. The number of hydrogen-bond donors (Lipinski definition) is 1. The van der Waals surface area contributed by atoms with Crippen LogP contribution in [0.5, 0.6) is 0 Å². The third-order valence-electron chi connectivity index (χ3n) is 6.15. The minimum absolute atomic E-state index is 0.128. The van der Waals surface area contributed by atoms with Crippen LogP contribution in [-0.2, 0) is 24.2 Å². The van der Waals surface area contributed by atoms with Crippen molar-refractivity contribution >= 4 is 34.0 Å². The van der Waals surface area contributed by atoms with Gasteiger partial charge in [-0.2, -0.15) is 5.26 Å². The number of nitrogens with zero attached hydrogens (tertiary/aromatic N) is 5. The van der Waals surface area contributed by atoms with Crippen LogP contribution in [0.1, 0.15) is 47.5 Å². The van der Waals surface area contributed by atoms with Crippen LogP contribution >= 0.6 is 23.1 Å². The lowest BCUT2D eigenvalue weighted by atomic mass is 10.1. The predicted molar refractivity (Wildman–Crippen MR) is 131 cm³/mol. The molecular weight excluding hydrogens is 452 g/mol. The number of nitriles is 1. The number of nitrogens with one attached hydrogen (secondary N) is 1. The number of amides is 1. The molecule has 9 heteroatoms. The molecule has 0 atom stereocenters. The Balaban J connectivity index is 1.31. The summed E-state index contributed by atoms with van der Waals surface area (Å²) in [6, 6.07) is 12.4. The molecule has 2 aromatic heterocycles. The Hall–Kier alpha value is -2.67. The highest BCUT2D eigenvalue weighted by molar-refractivity contribution is 7.99.